The zero-order valence-corrected chi connectivity index (χ0v) is 10.7. The number of carboxylic acid groups (broad SMARTS) is 1. The zero-order chi connectivity index (χ0) is 14.5. The molecule has 20 heavy (non-hydrogen) atoms. The molecule has 0 spiro atoms. The monoisotopic (exact) mass is 274 g/mol. The summed E-state index contributed by atoms with van der Waals surface area (Å²) < 4.78 is 0. The average Bonchev–Trinajstić information content (AvgIpc) is 2.36. The average molecular weight is 274 g/mol. The fourth-order valence-electron chi connectivity index (χ4n) is 1.97. The number of rotatable bonds is 4. The van der Waals surface area contributed by atoms with Crippen LogP contribution in [-0.2, 0) is 20.9 Å². The molecule has 2 rings (SSSR count). The van der Waals surface area contributed by atoms with Gasteiger partial charge in [-0.2, -0.15) is 0 Å². The Morgan fingerprint density at radius 2 is 1.80 bits per heavy atom. The van der Waals surface area contributed by atoms with E-state index in [1.54, 1.807) is 17.0 Å². The molecule has 2 amide bonds. The molecule has 0 unspecified atom stereocenters. The first-order valence-corrected chi connectivity index (χ1v) is 6.08. The highest BCUT2D eigenvalue weighted by atomic mass is 16.4. The molecule has 104 valence electrons. The van der Waals surface area contributed by atoms with Gasteiger partial charge in [0.05, 0.1) is 13.1 Å². The molecule has 1 heterocycles. The van der Waals surface area contributed by atoms with Crippen molar-refractivity contribution >= 4 is 23.9 Å². The van der Waals surface area contributed by atoms with Crippen LogP contribution in [0.15, 0.2) is 30.3 Å². The quantitative estimate of drug-likeness (QED) is 0.607. The Balaban J connectivity index is 1.98. The van der Waals surface area contributed by atoms with E-state index in [9.17, 15) is 14.4 Å². The summed E-state index contributed by atoms with van der Waals surface area (Å²) in [6.45, 7) is 0.904. The fourth-order valence-corrected chi connectivity index (χ4v) is 1.97. The lowest BCUT2D eigenvalue weighted by Crippen LogP contribution is -2.50. The number of piperazine rings is 1. The maximum atomic E-state index is 11.2. The van der Waals surface area contributed by atoms with Gasteiger partial charge in [-0.3, -0.25) is 19.8 Å². The largest absolute Gasteiger partial charge is 0.478 e. The van der Waals surface area contributed by atoms with Gasteiger partial charge < -0.3 is 5.11 Å². The number of hydrogen-bond acceptors (Lipinski definition) is 4. The molecule has 0 aliphatic carbocycles. The number of carboxylic acids is 1. The van der Waals surface area contributed by atoms with Crippen LogP contribution >= 0.6 is 0 Å². The summed E-state index contributed by atoms with van der Waals surface area (Å²) in [5.41, 5.74) is 1.74. The van der Waals surface area contributed by atoms with E-state index in [1.807, 2.05) is 12.1 Å². The van der Waals surface area contributed by atoms with Crippen molar-refractivity contribution in [1.82, 2.24) is 10.2 Å². The van der Waals surface area contributed by atoms with E-state index in [2.05, 4.69) is 5.32 Å². The van der Waals surface area contributed by atoms with Crippen molar-refractivity contribution in [2.24, 2.45) is 0 Å². The van der Waals surface area contributed by atoms with Gasteiger partial charge in [-0.1, -0.05) is 24.3 Å². The minimum Gasteiger partial charge on any atom is -0.478 e. The Labute approximate surface area is 115 Å². The van der Waals surface area contributed by atoms with Crippen molar-refractivity contribution in [3.05, 3.63) is 41.5 Å². The second-order valence-corrected chi connectivity index (χ2v) is 4.53. The number of imide groups is 1. The van der Waals surface area contributed by atoms with Crippen LogP contribution in [0.2, 0.25) is 0 Å². The van der Waals surface area contributed by atoms with Crippen molar-refractivity contribution in [3.63, 3.8) is 0 Å². The Morgan fingerprint density at radius 1 is 1.20 bits per heavy atom. The van der Waals surface area contributed by atoms with Crippen LogP contribution in [0, 0.1) is 0 Å². The number of aliphatic carboxylic acids is 1. The van der Waals surface area contributed by atoms with E-state index in [1.165, 1.54) is 6.08 Å². The Hall–Kier alpha value is -2.47. The molecule has 1 fully saturated rings. The molecular formula is C14H14N2O4. The Kier molecular flexibility index (Phi) is 4.27. The Bertz CT molecular complexity index is 547. The maximum Gasteiger partial charge on any atom is 0.328 e. The first kappa shape index (κ1) is 14.0. The van der Waals surface area contributed by atoms with Crippen LogP contribution < -0.4 is 5.32 Å². The van der Waals surface area contributed by atoms with Crippen molar-refractivity contribution < 1.29 is 19.5 Å². The van der Waals surface area contributed by atoms with E-state index in [0.29, 0.717) is 6.54 Å². The minimum absolute atomic E-state index is 0.201. The normalized spacial score (nSPS) is 16.4. The zero-order valence-electron chi connectivity index (χ0n) is 10.7. The van der Waals surface area contributed by atoms with Crippen molar-refractivity contribution in [2.45, 2.75) is 6.54 Å². The van der Waals surface area contributed by atoms with Gasteiger partial charge in [-0.25, -0.2) is 4.79 Å². The Morgan fingerprint density at radius 3 is 2.35 bits per heavy atom. The van der Waals surface area contributed by atoms with E-state index < -0.39 is 5.97 Å². The van der Waals surface area contributed by atoms with Gasteiger partial charge in [0.2, 0.25) is 11.8 Å². The third kappa shape index (κ3) is 4.03. The molecule has 1 aliphatic rings. The van der Waals surface area contributed by atoms with Gasteiger partial charge in [0.1, 0.15) is 0 Å². The summed E-state index contributed by atoms with van der Waals surface area (Å²) in [4.78, 5) is 34.6. The van der Waals surface area contributed by atoms with Crippen LogP contribution in [-0.4, -0.2) is 40.9 Å². The fraction of sp³-hybridized carbons (Fsp3) is 0.214. The van der Waals surface area contributed by atoms with E-state index in [0.717, 1.165) is 17.2 Å². The molecule has 0 atom stereocenters. The molecule has 1 aromatic carbocycles. The van der Waals surface area contributed by atoms with Gasteiger partial charge in [0, 0.05) is 12.6 Å². The molecular weight excluding hydrogens is 260 g/mol. The number of carbonyl (C=O) groups is 3. The summed E-state index contributed by atoms with van der Waals surface area (Å²) in [7, 11) is 0. The molecule has 1 aromatic rings. The maximum absolute atomic E-state index is 11.2. The van der Waals surface area contributed by atoms with Crippen LogP contribution in [0.3, 0.4) is 0 Å². The first-order valence-electron chi connectivity index (χ1n) is 6.08. The van der Waals surface area contributed by atoms with E-state index in [4.69, 9.17) is 5.11 Å². The topological polar surface area (TPSA) is 86.7 Å². The molecule has 0 aromatic heterocycles. The number of benzene rings is 1. The van der Waals surface area contributed by atoms with Crippen molar-refractivity contribution in [1.29, 1.82) is 0 Å². The summed E-state index contributed by atoms with van der Waals surface area (Å²) >= 11 is 0. The third-order valence-electron chi connectivity index (χ3n) is 2.82. The van der Waals surface area contributed by atoms with Crippen LogP contribution in [0.25, 0.3) is 6.08 Å². The second kappa shape index (κ2) is 6.12. The third-order valence-corrected chi connectivity index (χ3v) is 2.82. The first-order chi connectivity index (χ1) is 9.52. The summed E-state index contributed by atoms with van der Waals surface area (Å²) in [6.07, 6.45) is 2.58. The summed E-state index contributed by atoms with van der Waals surface area (Å²) in [5, 5.41) is 10.8. The van der Waals surface area contributed by atoms with Gasteiger partial charge in [0.15, 0.2) is 0 Å². The van der Waals surface area contributed by atoms with Gasteiger partial charge in [-0.05, 0) is 17.2 Å². The number of nitrogens with one attached hydrogen (secondary N) is 1. The van der Waals surface area contributed by atoms with Crippen molar-refractivity contribution in [3.8, 4) is 0 Å². The number of amides is 2. The standard InChI is InChI=1S/C14H14N2O4/c17-12-8-16(9-13(18)15-12)7-11-3-1-10(2-4-11)5-6-14(19)20/h1-6H,7-9H2,(H,19,20)(H,15,17,18). The van der Waals surface area contributed by atoms with Crippen LogP contribution in [0.5, 0.6) is 0 Å². The molecule has 6 heteroatoms. The molecule has 0 bridgehead atoms. The highest BCUT2D eigenvalue weighted by molar-refractivity contribution is 5.99. The summed E-state index contributed by atoms with van der Waals surface area (Å²) in [5.74, 6) is -1.57. The molecule has 0 radical (unpaired) electrons. The van der Waals surface area contributed by atoms with Crippen LogP contribution in [0.4, 0.5) is 0 Å². The smallest absolute Gasteiger partial charge is 0.328 e. The number of hydrogen-bond donors (Lipinski definition) is 2. The number of nitrogens with zero attached hydrogens (tertiary/aromatic N) is 1. The minimum atomic E-state index is -0.994. The number of carbonyl (C=O) groups excluding carboxylic acids is 2. The predicted octanol–water partition coefficient (Wildman–Crippen LogP) is 0.243. The van der Waals surface area contributed by atoms with Crippen LogP contribution in [0.1, 0.15) is 11.1 Å². The molecule has 6 nitrogen and oxygen atoms in total. The highest BCUT2D eigenvalue weighted by Gasteiger charge is 2.21. The van der Waals surface area contributed by atoms with Gasteiger partial charge in [-0.15, -0.1) is 0 Å². The lowest BCUT2D eigenvalue weighted by atomic mass is 10.1. The second-order valence-electron chi connectivity index (χ2n) is 4.53. The van der Waals surface area contributed by atoms with Gasteiger partial charge >= 0.3 is 5.97 Å². The highest BCUT2D eigenvalue weighted by Crippen LogP contribution is 2.10. The predicted molar refractivity (Wildman–Crippen MR) is 71.5 cm³/mol. The SMILES string of the molecule is O=C(O)C=Cc1ccc(CN2CC(=O)NC(=O)C2)cc1. The summed E-state index contributed by atoms with van der Waals surface area (Å²) in [6, 6.07) is 7.28. The van der Waals surface area contributed by atoms with E-state index in [-0.39, 0.29) is 24.9 Å². The van der Waals surface area contributed by atoms with E-state index >= 15 is 0 Å². The molecule has 1 aliphatic heterocycles. The van der Waals surface area contributed by atoms with Gasteiger partial charge in [0.25, 0.3) is 0 Å². The molecule has 1 saturated heterocycles. The molecule has 2 N–H and O–H groups in total. The molecule has 0 saturated carbocycles. The lowest BCUT2D eigenvalue weighted by Gasteiger charge is -2.25. The van der Waals surface area contributed by atoms with Crippen molar-refractivity contribution in [2.75, 3.05) is 13.1 Å². The lowest BCUT2D eigenvalue weighted by molar-refractivity contribution is -0.136.